The van der Waals surface area contributed by atoms with Crippen LogP contribution in [0.1, 0.15) is 0 Å². The fourth-order valence-electron chi connectivity index (χ4n) is 2.58. The van der Waals surface area contributed by atoms with Crippen molar-refractivity contribution in [1.29, 1.82) is 0 Å². The molecule has 23 heavy (non-hydrogen) atoms. The van der Waals surface area contributed by atoms with Crippen LogP contribution in [0.25, 0.3) is 33.9 Å². The van der Waals surface area contributed by atoms with Crippen LogP contribution in [-0.4, -0.2) is 15.0 Å². The van der Waals surface area contributed by atoms with Crippen molar-refractivity contribution in [2.75, 3.05) is 0 Å². The van der Waals surface area contributed by atoms with Crippen molar-refractivity contribution >= 4 is 0 Å². The first kappa shape index (κ1) is 13.5. The molecule has 0 spiro atoms. The molecule has 0 aliphatic carbocycles. The molecule has 110 valence electrons. The molecule has 0 amide bonds. The summed E-state index contributed by atoms with van der Waals surface area (Å²) in [6.45, 7) is 0. The Labute approximate surface area is 134 Å². The Kier molecular flexibility index (Phi) is 3.45. The van der Waals surface area contributed by atoms with E-state index < -0.39 is 0 Å². The molecule has 0 radical (unpaired) electrons. The maximum Gasteiger partial charge on any atom is 0.176 e. The Bertz CT molecular complexity index is 912. The summed E-state index contributed by atoms with van der Waals surface area (Å²) in [5, 5.41) is 0. The number of benzene rings is 2. The Hall–Kier alpha value is -3.20. The van der Waals surface area contributed by atoms with Crippen LogP contribution >= 0.6 is 0 Å². The Morgan fingerprint density at radius 2 is 1.39 bits per heavy atom. The minimum absolute atomic E-state index is 0.702. The van der Waals surface area contributed by atoms with Crippen molar-refractivity contribution in [3.63, 3.8) is 0 Å². The van der Waals surface area contributed by atoms with Crippen LogP contribution in [0.2, 0.25) is 0 Å². The first-order valence-electron chi connectivity index (χ1n) is 7.53. The van der Waals surface area contributed by atoms with Gasteiger partial charge >= 0.3 is 0 Å². The van der Waals surface area contributed by atoms with Crippen LogP contribution in [0.3, 0.4) is 0 Å². The van der Waals surface area contributed by atoms with Gasteiger partial charge in [-0.15, -0.1) is 0 Å². The molecule has 4 aromatic rings. The van der Waals surface area contributed by atoms with Gasteiger partial charge < -0.3 is 4.98 Å². The first-order valence-corrected chi connectivity index (χ1v) is 7.53. The van der Waals surface area contributed by atoms with Crippen LogP contribution in [0.15, 0.2) is 85.2 Å². The van der Waals surface area contributed by atoms with Crippen LogP contribution in [-0.2, 0) is 0 Å². The molecule has 0 atom stereocenters. The second-order valence-corrected chi connectivity index (χ2v) is 5.30. The normalized spacial score (nSPS) is 10.6. The van der Waals surface area contributed by atoms with E-state index in [9.17, 15) is 0 Å². The first-order chi connectivity index (χ1) is 11.4. The zero-order valence-corrected chi connectivity index (χ0v) is 12.5. The molecule has 2 heterocycles. The lowest BCUT2D eigenvalue weighted by Gasteiger charge is -2.02. The van der Waals surface area contributed by atoms with Crippen LogP contribution in [0, 0.1) is 0 Å². The lowest BCUT2D eigenvalue weighted by molar-refractivity contribution is 1.16. The van der Waals surface area contributed by atoms with Crippen molar-refractivity contribution in [2.24, 2.45) is 0 Å². The summed E-state index contributed by atoms with van der Waals surface area (Å²) in [4.78, 5) is 12.4. The van der Waals surface area contributed by atoms with E-state index in [0.29, 0.717) is 5.82 Å². The minimum Gasteiger partial charge on any atom is -0.358 e. The third-order valence-electron chi connectivity index (χ3n) is 3.76. The molecule has 0 unspecified atom stereocenters. The molecule has 0 saturated heterocycles. The van der Waals surface area contributed by atoms with Gasteiger partial charge in [-0.3, -0.25) is 0 Å². The van der Waals surface area contributed by atoms with Crippen molar-refractivity contribution in [1.82, 2.24) is 15.0 Å². The molecule has 2 aromatic heterocycles. The number of hydrogen-bond donors (Lipinski definition) is 1. The van der Waals surface area contributed by atoms with Gasteiger partial charge in [0.2, 0.25) is 0 Å². The average Bonchev–Trinajstić information content (AvgIpc) is 3.14. The predicted molar refractivity (Wildman–Crippen MR) is 92.7 cm³/mol. The molecule has 0 aliphatic rings. The Balaban J connectivity index is 1.71. The summed E-state index contributed by atoms with van der Waals surface area (Å²) in [7, 11) is 0. The minimum atomic E-state index is 0.702. The van der Waals surface area contributed by atoms with Gasteiger partial charge in [0, 0.05) is 18.0 Å². The van der Waals surface area contributed by atoms with Gasteiger partial charge in [-0.05, 0) is 23.3 Å². The van der Waals surface area contributed by atoms with Gasteiger partial charge in [0.05, 0.1) is 11.4 Å². The SMILES string of the molecule is c1ccc(-c2c[nH]c(-c3nccc(-c4ccccc4)n3)c2)cc1. The van der Waals surface area contributed by atoms with E-state index in [-0.39, 0.29) is 0 Å². The number of nitrogens with zero attached hydrogens (tertiary/aromatic N) is 2. The highest BCUT2D eigenvalue weighted by Gasteiger charge is 2.08. The third-order valence-corrected chi connectivity index (χ3v) is 3.76. The van der Waals surface area contributed by atoms with Crippen LogP contribution in [0.5, 0.6) is 0 Å². The van der Waals surface area contributed by atoms with E-state index >= 15 is 0 Å². The number of aromatic nitrogens is 3. The van der Waals surface area contributed by atoms with Crippen LogP contribution in [0.4, 0.5) is 0 Å². The summed E-state index contributed by atoms with van der Waals surface area (Å²) < 4.78 is 0. The van der Waals surface area contributed by atoms with E-state index in [1.165, 1.54) is 5.56 Å². The van der Waals surface area contributed by atoms with Gasteiger partial charge in [-0.25, -0.2) is 9.97 Å². The summed E-state index contributed by atoms with van der Waals surface area (Å²) in [5.74, 6) is 0.702. The number of hydrogen-bond acceptors (Lipinski definition) is 2. The summed E-state index contributed by atoms with van der Waals surface area (Å²) in [6.07, 6.45) is 3.79. The molecule has 3 nitrogen and oxygen atoms in total. The largest absolute Gasteiger partial charge is 0.358 e. The van der Waals surface area contributed by atoms with Crippen LogP contribution < -0.4 is 0 Å². The standard InChI is InChI=1S/C20H15N3/c1-3-7-15(8-4-1)17-13-19(22-14-17)20-21-12-11-18(23-20)16-9-5-2-6-10-16/h1-14,22H. The lowest BCUT2D eigenvalue weighted by atomic mass is 10.1. The smallest absolute Gasteiger partial charge is 0.176 e. The summed E-state index contributed by atoms with van der Waals surface area (Å²) in [5.41, 5.74) is 5.24. The number of H-pyrrole nitrogens is 1. The number of rotatable bonds is 3. The second-order valence-electron chi connectivity index (χ2n) is 5.30. The fourth-order valence-corrected chi connectivity index (χ4v) is 2.58. The molecule has 2 aromatic carbocycles. The molecule has 0 fully saturated rings. The fraction of sp³-hybridized carbons (Fsp3) is 0. The average molecular weight is 297 g/mol. The Morgan fingerprint density at radius 3 is 2.13 bits per heavy atom. The van der Waals surface area contributed by atoms with E-state index in [2.05, 4.69) is 45.3 Å². The molecular formula is C20H15N3. The molecule has 0 aliphatic heterocycles. The zero-order chi connectivity index (χ0) is 15.5. The quantitative estimate of drug-likeness (QED) is 0.590. The highest BCUT2D eigenvalue weighted by atomic mass is 14.9. The van der Waals surface area contributed by atoms with Gasteiger partial charge in [0.25, 0.3) is 0 Å². The predicted octanol–water partition coefficient (Wildman–Crippen LogP) is 4.81. The highest BCUT2D eigenvalue weighted by Crippen LogP contribution is 2.25. The van der Waals surface area contributed by atoms with Gasteiger partial charge in [0.1, 0.15) is 0 Å². The van der Waals surface area contributed by atoms with E-state index in [0.717, 1.165) is 22.5 Å². The lowest BCUT2D eigenvalue weighted by Crippen LogP contribution is -1.91. The Morgan fingerprint density at radius 1 is 0.696 bits per heavy atom. The maximum atomic E-state index is 4.68. The van der Waals surface area contributed by atoms with E-state index in [1.807, 2.05) is 48.7 Å². The summed E-state index contributed by atoms with van der Waals surface area (Å²) >= 11 is 0. The van der Waals surface area contributed by atoms with Gasteiger partial charge in [-0.1, -0.05) is 60.7 Å². The molecule has 0 saturated carbocycles. The monoisotopic (exact) mass is 297 g/mol. The van der Waals surface area contributed by atoms with Gasteiger partial charge in [-0.2, -0.15) is 0 Å². The van der Waals surface area contributed by atoms with Crippen molar-refractivity contribution in [2.45, 2.75) is 0 Å². The summed E-state index contributed by atoms with van der Waals surface area (Å²) in [6, 6.07) is 24.4. The second kappa shape index (κ2) is 5.89. The molecule has 0 bridgehead atoms. The zero-order valence-electron chi connectivity index (χ0n) is 12.5. The van der Waals surface area contributed by atoms with Gasteiger partial charge in [0.15, 0.2) is 5.82 Å². The van der Waals surface area contributed by atoms with E-state index in [1.54, 1.807) is 6.20 Å². The third kappa shape index (κ3) is 2.77. The highest BCUT2D eigenvalue weighted by molar-refractivity contribution is 5.69. The number of aromatic amines is 1. The molecular weight excluding hydrogens is 282 g/mol. The van der Waals surface area contributed by atoms with Crippen molar-refractivity contribution < 1.29 is 0 Å². The molecule has 4 rings (SSSR count). The topological polar surface area (TPSA) is 41.6 Å². The molecule has 3 heteroatoms. The van der Waals surface area contributed by atoms with E-state index in [4.69, 9.17) is 0 Å². The van der Waals surface area contributed by atoms with Crippen molar-refractivity contribution in [3.8, 4) is 33.9 Å². The number of nitrogens with one attached hydrogen (secondary N) is 1. The van der Waals surface area contributed by atoms with Crippen molar-refractivity contribution in [3.05, 3.63) is 85.2 Å². The maximum absolute atomic E-state index is 4.68. The molecule has 1 N–H and O–H groups in total.